The fraction of sp³-hybridized carbons (Fsp3) is 0.900. The van der Waals surface area contributed by atoms with Crippen LogP contribution in [-0.4, -0.2) is 52.9 Å². The maximum Gasteiger partial charge on any atom is 0.410 e. The van der Waals surface area contributed by atoms with Gasteiger partial charge in [0, 0.05) is 6.54 Å². The Balaban J connectivity index is 2.76. The van der Waals surface area contributed by atoms with E-state index in [0.29, 0.717) is 0 Å². The lowest BCUT2D eigenvalue weighted by molar-refractivity contribution is -0.139. The number of hydrogen-bond donors (Lipinski definition) is 2. The maximum absolute atomic E-state index is 13.5. The molecule has 0 radical (unpaired) electrons. The third kappa shape index (κ3) is 2.84. The molecule has 1 atom stereocenters. The van der Waals surface area contributed by atoms with E-state index in [1.807, 2.05) is 0 Å². The van der Waals surface area contributed by atoms with Crippen LogP contribution < -0.4 is 5.73 Å². The van der Waals surface area contributed by atoms with Crippen LogP contribution in [0.15, 0.2) is 0 Å². The number of nitrogens with zero attached hydrogens (tertiary/aromatic N) is 1. The van der Waals surface area contributed by atoms with E-state index in [4.69, 9.17) is 10.5 Å². The molecule has 7 heteroatoms. The van der Waals surface area contributed by atoms with E-state index in [-0.39, 0.29) is 0 Å². The molecule has 5 nitrogen and oxygen atoms in total. The first kappa shape index (κ1) is 14.1. The summed E-state index contributed by atoms with van der Waals surface area (Å²) in [5.74, 6) is -3.42. The van der Waals surface area contributed by atoms with Gasteiger partial charge in [-0.1, -0.05) is 0 Å². The van der Waals surface area contributed by atoms with E-state index in [9.17, 15) is 18.7 Å². The topological polar surface area (TPSA) is 75.8 Å². The summed E-state index contributed by atoms with van der Waals surface area (Å²) in [7, 11) is 0. The smallest absolute Gasteiger partial charge is 0.410 e. The second-order valence-corrected chi connectivity index (χ2v) is 5.28. The molecular weight excluding hydrogens is 234 g/mol. The Hall–Kier alpha value is -0.950. The van der Waals surface area contributed by atoms with Crippen LogP contribution in [0.3, 0.4) is 0 Å². The molecule has 0 saturated carbocycles. The molecule has 1 rings (SSSR count). The van der Waals surface area contributed by atoms with Crippen molar-refractivity contribution in [1.82, 2.24) is 4.90 Å². The highest BCUT2D eigenvalue weighted by Crippen LogP contribution is 2.36. The number of halogens is 2. The fourth-order valence-electron chi connectivity index (χ4n) is 1.54. The van der Waals surface area contributed by atoms with Gasteiger partial charge in [0.1, 0.15) is 5.60 Å². The molecule has 1 aliphatic heterocycles. The number of carbonyl (C=O) groups excluding carboxylic acids is 1. The Morgan fingerprint density at radius 1 is 1.47 bits per heavy atom. The highest BCUT2D eigenvalue weighted by Gasteiger charge is 2.60. The van der Waals surface area contributed by atoms with Crippen LogP contribution in [-0.2, 0) is 4.74 Å². The summed E-state index contributed by atoms with van der Waals surface area (Å²) in [5.41, 5.74) is 1.99. The van der Waals surface area contributed by atoms with Crippen LogP contribution in [0.2, 0.25) is 0 Å². The standard InChI is InChI=1S/C10H18F2N2O3/c1-8(2,3)17-7(15)14-5-9(16,4-13)10(11,12)6-14/h16H,4-6,13H2,1-3H3. The van der Waals surface area contributed by atoms with E-state index in [1.54, 1.807) is 20.8 Å². The Kier molecular flexibility index (Phi) is 3.37. The molecule has 100 valence electrons. The van der Waals surface area contributed by atoms with Crippen LogP contribution in [0.5, 0.6) is 0 Å². The molecule has 17 heavy (non-hydrogen) atoms. The molecule has 0 spiro atoms. The van der Waals surface area contributed by atoms with E-state index in [1.165, 1.54) is 0 Å². The molecule has 0 aromatic carbocycles. The van der Waals surface area contributed by atoms with Crippen LogP contribution in [0.1, 0.15) is 20.8 Å². The first-order chi connectivity index (χ1) is 7.51. The molecule has 3 N–H and O–H groups in total. The predicted molar refractivity (Wildman–Crippen MR) is 56.8 cm³/mol. The van der Waals surface area contributed by atoms with Crippen LogP contribution >= 0.6 is 0 Å². The lowest BCUT2D eigenvalue weighted by Gasteiger charge is -2.26. The summed E-state index contributed by atoms with van der Waals surface area (Å²) in [6.45, 7) is 2.89. The molecule has 1 amide bonds. The van der Waals surface area contributed by atoms with E-state index in [2.05, 4.69) is 0 Å². The summed E-state index contributed by atoms with van der Waals surface area (Å²) in [5, 5.41) is 9.62. The normalized spacial score (nSPS) is 28.3. The van der Waals surface area contributed by atoms with Gasteiger partial charge in [-0.3, -0.25) is 4.90 Å². The Morgan fingerprint density at radius 3 is 2.35 bits per heavy atom. The minimum atomic E-state index is -3.42. The average molecular weight is 252 g/mol. The van der Waals surface area contributed by atoms with Gasteiger partial charge in [0.05, 0.1) is 13.1 Å². The number of rotatable bonds is 1. The number of ether oxygens (including phenoxy) is 1. The number of amides is 1. The zero-order chi connectivity index (χ0) is 13.5. The third-order valence-electron chi connectivity index (χ3n) is 2.51. The van der Waals surface area contributed by atoms with E-state index in [0.717, 1.165) is 4.90 Å². The lowest BCUT2D eigenvalue weighted by Crippen LogP contribution is -2.52. The van der Waals surface area contributed by atoms with Crippen LogP contribution in [0.4, 0.5) is 13.6 Å². The van der Waals surface area contributed by atoms with Crippen LogP contribution in [0, 0.1) is 0 Å². The lowest BCUT2D eigenvalue weighted by atomic mass is 10.0. The highest BCUT2D eigenvalue weighted by molar-refractivity contribution is 5.69. The van der Waals surface area contributed by atoms with Crippen molar-refractivity contribution in [3.05, 3.63) is 0 Å². The highest BCUT2D eigenvalue weighted by atomic mass is 19.3. The quantitative estimate of drug-likeness (QED) is 0.715. The first-order valence-corrected chi connectivity index (χ1v) is 5.29. The van der Waals surface area contributed by atoms with E-state index < -0.39 is 42.9 Å². The molecule has 0 aromatic heterocycles. The molecule has 0 aliphatic carbocycles. The maximum atomic E-state index is 13.5. The average Bonchev–Trinajstić information content (AvgIpc) is 2.36. The van der Waals surface area contributed by atoms with Gasteiger partial charge in [-0.05, 0) is 20.8 Å². The van der Waals surface area contributed by atoms with Crippen molar-refractivity contribution in [3.8, 4) is 0 Å². The van der Waals surface area contributed by atoms with Gasteiger partial charge in [-0.25, -0.2) is 13.6 Å². The fourth-order valence-corrected chi connectivity index (χ4v) is 1.54. The molecule has 0 bridgehead atoms. The Bertz CT molecular complexity index is 317. The molecule has 0 aromatic rings. The Labute approximate surface area is 98.5 Å². The van der Waals surface area contributed by atoms with Crippen LogP contribution in [0.25, 0.3) is 0 Å². The van der Waals surface area contributed by atoms with Gasteiger partial charge in [0.15, 0.2) is 5.60 Å². The van der Waals surface area contributed by atoms with Gasteiger partial charge >= 0.3 is 6.09 Å². The van der Waals surface area contributed by atoms with Gasteiger partial charge in [-0.15, -0.1) is 0 Å². The molecule has 1 heterocycles. The minimum Gasteiger partial charge on any atom is -0.444 e. The third-order valence-corrected chi connectivity index (χ3v) is 2.51. The second kappa shape index (κ2) is 4.06. The van der Waals surface area contributed by atoms with Crippen molar-refractivity contribution in [2.75, 3.05) is 19.6 Å². The summed E-state index contributed by atoms with van der Waals surface area (Å²) < 4.78 is 31.9. The summed E-state index contributed by atoms with van der Waals surface area (Å²) in [6, 6.07) is 0. The predicted octanol–water partition coefficient (Wildman–Crippen LogP) is 0.562. The van der Waals surface area contributed by atoms with Gasteiger partial charge < -0.3 is 15.6 Å². The summed E-state index contributed by atoms with van der Waals surface area (Å²) >= 11 is 0. The SMILES string of the molecule is CC(C)(C)OC(=O)N1CC(F)(F)C(O)(CN)C1. The largest absolute Gasteiger partial charge is 0.444 e. The van der Waals surface area contributed by atoms with Crippen molar-refractivity contribution < 1.29 is 23.4 Å². The van der Waals surface area contributed by atoms with E-state index >= 15 is 0 Å². The summed E-state index contributed by atoms with van der Waals surface area (Å²) in [4.78, 5) is 12.3. The number of β-amino-alcohol motifs (C(OH)–C–C–N with tert-alkyl or cyclic N) is 1. The van der Waals surface area contributed by atoms with Gasteiger partial charge in [0.25, 0.3) is 5.92 Å². The molecule has 1 unspecified atom stereocenters. The molecular formula is C10H18F2N2O3. The molecule has 1 fully saturated rings. The zero-order valence-corrected chi connectivity index (χ0v) is 10.2. The number of aliphatic hydroxyl groups is 1. The van der Waals surface area contributed by atoms with Crippen molar-refractivity contribution in [3.63, 3.8) is 0 Å². The molecule has 1 saturated heterocycles. The number of likely N-dealkylation sites (tertiary alicyclic amines) is 1. The van der Waals surface area contributed by atoms with Crippen molar-refractivity contribution in [2.45, 2.75) is 37.9 Å². The number of carbonyl (C=O) groups is 1. The first-order valence-electron chi connectivity index (χ1n) is 5.29. The number of nitrogens with two attached hydrogens (primary N) is 1. The minimum absolute atomic E-state index is 0.522. The van der Waals surface area contributed by atoms with Crippen molar-refractivity contribution in [2.24, 2.45) is 5.73 Å². The number of hydrogen-bond acceptors (Lipinski definition) is 4. The van der Waals surface area contributed by atoms with Crippen molar-refractivity contribution in [1.29, 1.82) is 0 Å². The van der Waals surface area contributed by atoms with Gasteiger partial charge in [-0.2, -0.15) is 0 Å². The summed E-state index contributed by atoms with van der Waals surface area (Å²) in [6.07, 6.45) is -0.874. The van der Waals surface area contributed by atoms with Gasteiger partial charge in [0.2, 0.25) is 0 Å². The second-order valence-electron chi connectivity index (χ2n) is 5.28. The zero-order valence-electron chi connectivity index (χ0n) is 10.2. The molecule has 1 aliphatic rings. The van der Waals surface area contributed by atoms with Crippen molar-refractivity contribution >= 4 is 6.09 Å². The monoisotopic (exact) mass is 252 g/mol. The number of alkyl halides is 2. The Morgan fingerprint density at radius 2 is 2.00 bits per heavy atom.